The zero-order valence-corrected chi connectivity index (χ0v) is 10.6. The molecule has 1 heterocycles. The standard InChI is InChI=1S/C11H13N3O3S/c1-2-9(10(13)15)18(16)11-14-7-4-3-6(12)5-8(7)17-11/h3-5,9H,2,12H2,1H3,(H2,13,15). The molecule has 2 aromatic rings. The minimum absolute atomic E-state index is 0.00116. The lowest BCUT2D eigenvalue weighted by Gasteiger charge is -2.06. The molecule has 1 aromatic carbocycles. The molecule has 0 saturated carbocycles. The van der Waals surface area contributed by atoms with E-state index in [1.165, 1.54) is 0 Å². The Morgan fingerprint density at radius 3 is 2.89 bits per heavy atom. The van der Waals surface area contributed by atoms with Gasteiger partial charge in [0, 0.05) is 11.8 Å². The van der Waals surface area contributed by atoms with Gasteiger partial charge in [-0.2, -0.15) is 0 Å². The number of amides is 1. The molecule has 0 fully saturated rings. The van der Waals surface area contributed by atoms with Crippen molar-refractivity contribution in [2.75, 3.05) is 5.73 Å². The molecule has 6 nitrogen and oxygen atoms in total. The van der Waals surface area contributed by atoms with Crippen LogP contribution in [0, 0.1) is 0 Å². The van der Waals surface area contributed by atoms with E-state index in [1.54, 1.807) is 25.1 Å². The number of carbonyl (C=O) groups is 1. The van der Waals surface area contributed by atoms with Gasteiger partial charge in [-0.05, 0) is 18.6 Å². The molecule has 2 unspecified atom stereocenters. The molecule has 4 N–H and O–H groups in total. The molecule has 2 rings (SSSR count). The second-order valence-corrected chi connectivity index (χ2v) is 5.32. The van der Waals surface area contributed by atoms with Crippen molar-refractivity contribution in [2.24, 2.45) is 5.73 Å². The van der Waals surface area contributed by atoms with E-state index in [0.29, 0.717) is 23.2 Å². The van der Waals surface area contributed by atoms with Crippen molar-refractivity contribution in [3.63, 3.8) is 0 Å². The van der Waals surface area contributed by atoms with Crippen molar-refractivity contribution in [1.82, 2.24) is 4.98 Å². The van der Waals surface area contributed by atoms with Gasteiger partial charge in [0.2, 0.25) is 5.91 Å². The highest BCUT2D eigenvalue weighted by Gasteiger charge is 2.26. The first-order chi connectivity index (χ1) is 8.52. The molecule has 7 heteroatoms. The fourth-order valence-electron chi connectivity index (χ4n) is 1.59. The second-order valence-electron chi connectivity index (χ2n) is 3.80. The summed E-state index contributed by atoms with van der Waals surface area (Å²) in [5.41, 5.74) is 12.3. The predicted molar refractivity (Wildman–Crippen MR) is 68.1 cm³/mol. The van der Waals surface area contributed by atoms with Crippen LogP contribution < -0.4 is 11.5 Å². The van der Waals surface area contributed by atoms with E-state index in [4.69, 9.17) is 15.9 Å². The molecular formula is C11H13N3O3S. The molecule has 0 aliphatic heterocycles. The summed E-state index contributed by atoms with van der Waals surface area (Å²) in [7, 11) is -1.68. The van der Waals surface area contributed by atoms with Gasteiger partial charge in [-0.25, -0.2) is 9.19 Å². The fraction of sp³-hybridized carbons (Fsp3) is 0.273. The summed E-state index contributed by atoms with van der Waals surface area (Å²) >= 11 is 0. The summed E-state index contributed by atoms with van der Waals surface area (Å²) in [6.07, 6.45) is 0.364. The third-order valence-electron chi connectivity index (χ3n) is 2.51. The zero-order valence-electron chi connectivity index (χ0n) is 9.75. The van der Waals surface area contributed by atoms with Crippen molar-refractivity contribution in [2.45, 2.75) is 23.8 Å². The van der Waals surface area contributed by atoms with Gasteiger partial charge in [0.1, 0.15) is 21.6 Å². The average molecular weight is 267 g/mol. The number of carbonyl (C=O) groups excluding carboxylic acids is 1. The van der Waals surface area contributed by atoms with E-state index in [2.05, 4.69) is 4.98 Å². The molecule has 0 aliphatic rings. The van der Waals surface area contributed by atoms with Crippen molar-refractivity contribution in [3.05, 3.63) is 18.2 Å². The van der Waals surface area contributed by atoms with E-state index in [1.807, 2.05) is 0 Å². The van der Waals surface area contributed by atoms with Gasteiger partial charge in [-0.3, -0.25) is 4.79 Å². The fourth-order valence-corrected chi connectivity index (χ4v) is 2.70. The number of aromatic nitrogens is 1. The first kappa shape index (κ1) is 12.6. The number of nitrogens with zero attached hydrogens (tertiary/aromatic N) is 1. The van der Waals surface area contributed by atoms with Crippen LogP contribution in [0.5, 0.6) is 0 Å². The summed E-state index contributed by atoms with van der Waals surface area (Å²) in [6.45, 7) is 1.73. The molecule has 18 heavy (non-hydrogen) atoms. The molecule has 2 atom stereocenters. The Morgan fingerprint density at radius 2 is 2.28 bits per heavy atom. The number of nitrogens with two attached hydrogens (primary N) is 2. The molecule has 0 bridgehead atoms. The first-order valence-corrected chi connectivity index (χ1v) is 6.60. The van der Waals surface area contributed by atoms with Gasteiger partial charge < -0.3 is 15.9 Å². The van der Waals surface area contributed by atoms with Crippen LogP contribution in [0.25, 0.3) is 11.1 Å². The van der Waals surface area contributed by atoms with Crippen LogP contribution in [-0.4, -0.2) is 20.3 Å². The summed E-state index contributed by atoms with van der Waals surface area (Å²) < 4.78 is 17.4. The van der Waals surface area contributed by atoms with Crippen LogP contribution in [0.1, 0.15) is 13.3 Å². The monoisotopic (exact) mass is 267 g/mol. The molecule has 0 radical (unpaired) electrons. The van der Waals surface area contributed by atoms with Crippen LogP contribution in [0.15, 0.2) is 27.8 Å². The Bertz CT molecular complexity index is 623. The SMILES string of the molecule is CCC(C(N)=O)S(=O)c1nc2ccc(N)cc2o1. The molecule has 1 aromatic heterocycles. The van der Waals surface area contributed by atoms with E-state index < -0.39 is 22.0 Å². The molecule has 1 amide bonds. The van der Waals surface area contributed by atoms with Gasteiger partial charge in [0.25, 0.3) is 5.22 Å². The van der Waals surface area contributed by atoms with Crippen molar-refractivity contribution < 1.29 is 13.4 Å². The summed E-state index contributed by atoms with van der Waals surface area (Å²) in [5.74, 6) is -0.627. The molecule has 0 aliphatic carbocycles. The lowest BCUT2D eigenvalue weighted by Crippen LogP contribution is -2.32. The minimum atomic E-state index is -1.68. The number of hydrogen-bond acceptors (Lipinski definition) is 5. The number of hydrogen-bond donors (Lipinski definition) is 2. The Kier molecular flexibility index (Phi) is 3.33. The predicted octanol–water partition coefficient (Wildman–Crippen LogP) is 0.781. The van der Waals surface area contributed by atoms with Crippen molar-refractivity contribution in [1.29, 1.82) is 0 Å². The lowest BCUT2D eigenvalue weighted by atomic mass is 10.3. The quantitative estimate of drug-likeness (QED) is 0.795. The third kappa shape index (κ3) is 2.21. The minimum Gasteiger partial charge on any atom is -0.430 e. The first-order valence-electron chi connectivity index (χ1n) is 5.39. The van der Waals surface area contributed by atoms with Gasteiger partial charge in [-0.1, -0.05) is 6.92 Å². The maximum absolute atomic E-state index is 12.1. The third-order valence-corrected chi connectivity index (χ3v) is 4.11. The average Bonchev–Trinajstić information content (AvgIpc) is 2.72. The largest absolute Gasteiger partial charge is 0.430 e. The number of primary amides is 1. The zero-order chi connectivity index (χ0) is 13.3. The Balaban J connectivity index is 2.42. The maximum atomic E-state index is 12.1. The summed E-state index contributed by atoms with van der Waals surface area (Å²) in [6, 6.07) is 4.93. The summed E-state index contributed by atoms with van der Waals surface area (Å²) in [4.78, 5) is 15.2. The van der Waals surface area contributed by atoms with Crippen LogP contribution in [0.3, 0.4) is 0 Å². The van der Waals surface area contributed by atoms with Crippen molar-refractivity contribution >= 4 is 33.5 Å². The van der Waals surface area contributed by atoms with Crippen LogP contribution >= 0.6 is 0 Å². The van der Waals surface area contributed by atoms with Crippen LogP contribution in [-0.2, 0) is 15.6 Å². The van der Waals surface area contributed by atoms with Gasteiger partial charge in [-0.15, -0.1) is 0 Å². The maximum Gasteiger partial charge on any atom is 0.288 e. The lowest BCUT2D eigenvalue weighted by molar-refractivity contribution is -0.117. The highest BCUT2D eigenvalue weighted by molar-refractivity contribution is 7.86. The Hall–Kier alpha value is -1.89. The van der Waals surface area contributed by atoms with Gasteiger partial charge >= 0.3 is 0 Å². The highest BCUT2D eigenvalue weighted by atomic mass is 32.2. The van der Waals surface area contributed by atoms with E-state index in [0.717, 1.165) is 0 Å². The van der Waals surface area contributed by atoms with Crippen molar-refractivity contribution in [3.8, 4) is 0 Å². The molecule has 96 valence electrons. The molecule has 0 spiro atoms. The van der Waals surface area contributed by atoms with Crippen LogP contribution in [0.4, 0.5) is 5.69 Å². The Labute approximate surface area is 106 Å². The number of oxazole rings is 1. The highest BCUT2D eigenvalue weighted by Crippen LogP contribution is 2.22. The number of anilines is 1. The smallest absolute Gasteiger partial charge is 0.288 e. The normalized spacial score (nSPS) is 14.5. The van der Waals surface area contributed by atoms with Gasteiger partial charge in [0.05, 0.1) is 0 Å². The van der Waals surface area contributed by atoms with Crippen LogP contribution in [0.2, 0.25) is 0 Å². The van der Waals surface area contributed by atoms with E-state index in [9.17, 15) is 9.00 Å². The number of benzene rings is 1. The molecular weight excluding hydrogens is 254 g/mol. The summed E-state index contributed by atoms with van der Waals surface area (Å²) in [5, 5.41) is -0.795. The molecule has 0 saturated heterocycles. The number of rotatable bonds is 4. The van der Waals surface area contributed by atoms with E-state index in [-0.39, 0.29) is 5.22 Å². The van der Waals surface area contributed by atoms with E-state index >= 15 is 0 Å². The number of fused-ring (bicyclic) bond motifs is 1. The topological polar surface area (TPSA) is 112 Å². The second kappa shape index (κ2) is 4.77. The number of nitrogen functional groups attached to an aromatic ring is 1. The van der Waals surface area contributed by atoms with Gasteiger partial charge in [0.15, 0.2) is 5.58 Å². The Morgan fingerprint density at radius 1 is 1.56 bits per heavy atom.